The molecule has 2 rings (SSSR count). The number of aryl methyl sites for hydroxylation is 1. The number of aromatic amines is 1. The Bertz CT molecular complexity index is 521. The van der Waals surface area contributed by atoms with Gasteiger partial charge in [-0.05, 0) is 18.6 Å². The van der Waals surface area contributed by atoms with E-state index in [4.69, 9.17) is 0 Å². The molecule has 0 atom stereocenters. The first-order chi connectivity index (χ1) is 8.18. The topological polar surface area (TPSA) is 78.0 Å². The number of hydrogen-bond acceptors (Lipinski definition) is 3. The number of phenolic OH excluding ortho intramolecular Hbond substituents is 1. The van der Waals surface area contributed by atoms with Gasteiger partial charge in [0.25, 0.3) is 5.91 Å². The number of amides is 1. The molecule has 0 aliphatic rings. The number of rotatable bonds is 3. The largest absolute Gasteiger partial charge is 0.507 e. The number of carbonyl (C=O) groups excluding carboxylic acids is 1. The van der Waals surface area contributed by atoms with Gasteiger partial charge < -0.3 is 15.4 Å². The number of phenols is 1. The zero-order chi connectivity index (χ0) is 12.3. The van der Waals surface area contributed by atoms with Crippen LogP contribution in [0.3, 0.4) is 0 Å². The van der Waals surface area contributed by atoms with Gasteiger partial charge in [0.1, 0.15) is 11.6 Å². The summed E-state index contributed by atoms with van der Waals surface area (Å²) in [7, 11) is 0. The molecule has 0 bridgehead atoms. The second-order valence-corrected chi connectivity index (χ2v) is 3.69. The van der Waals surface area contributed by atoms with E-state index in [0.29, 0.717) is 17.9 Å². The van der Waals surface area contributed by atoms with E-state index < -0.39 is 0 Å². The molecule has 5 nitrogen and oxygen atoms in total. The molecule has 0 saturated carbocycles. The van der Waals surface area contributed by atoms with Crippen molar-refractivity contribution in [1.29, 1.82) is 0 Å². The maximum atomic E-state index is 11.8. The average Bonchev–Trinajstić information content (AvgIpc) is 2.82. The summed E-state index contributed by atoms with van der Waals surface area (Å²) in [5.41, 5.74) is 0.951. The minimum atomic E-state index is -0.317. The normalized spacial score (nSPS) is 10.2. The van der Waals surface area contributed by atoms with Crippen molar-refractivity contribution < 1.29 is 9.90 Å². The van der Waals surface area contributed by atoms with Crippen LogP contribution in [0, 0.1) is 6.92 Å². The molecule has 0 aliphatic heterocycles. The summed E-state index contributed by atoms with van der Waals surface area (Å²) in [4.78, 5) is 18.7. The highest BCUT2D eigenvalue weighted by Gasteiger charge is 2.12. The van der Waals surface area contributed by atoms with Crippen LogP contribution in [0.4, 0.5) is 0 Å². The summed E-state index contributed by atoms with van der Waals surface area (Å²) < 4.78 is 0. The number of nitrogens with one attached hydrogen (secondary N) is 2. The van der Waals surface area contributed by atoms with Crippen LogP contribution < -0.4 is 5.32 Å². The highest BCUT2D eigenvalue weighted by Crippen LogP contribution is 2.20. The molecule has 0 aliphatic carbocycles. The molecule has 1 amide bonds. The van der Waals surface area contributed by atoms with E-state index in [2.05, 4.69) is 15.3 Å². The molecule has 1 aromatic carbocycles. The summed E-state index contributed by atoms with van der Waals surface area (Å²) in [5, 5.41) is 12.4. The molecule has 5 heteroatoms. The number of H-pyrrole nitrogens is 1. The first kappa shape index (κ1) is 11.2. The maximum Gasteiger partial charge on any atom is 0.255 e. The van der Waals surface area contributed by atoms with Gasteiger partial charge in [0, 0.05) is 12.4 Å². The second-order valence-electron chi connectivity index (χ2n) is 3.69. The van der Waals surface area contributed by atoms with Crippen LogP contribution in [-0.2, 0) is 6.54 Å². The predicted octanol–water partition coefficient (Wildman–Crippen LogP) is 1.35. The Morgan fingerprint density at radius 3 is 3.06 bits per heavy atom. The smallest absolute Gasteiger partial charge is 0.255 e. The second kappa shape index (κ2) is 4.69. The van der Waals surface area contributed by atoms with Gasteiger partial charge in [0.15, 0.2) is 0 Å². The van der Waals surface area contributed by atoms with Gasteiger partial charge in [0.05, 0.1) is 12.1 Å². The molecule has 0 unspecified atom stereocenters. The first-order valence-electron chi connectivity index (χ1n) is 5.23. The zero-order valence-electron chi connectivity index (χ0n) is 9.40. The molecule has 88 valence electrons. The van der Waals surface area contributed by atoms with E-state index in [1.54, 1.807) is 37.5 Å². The van der Waals surface area contributed by atoms with Crippen molar-refractivity contribution in [1.82, 2.24) is 15.3 Å². The van der Waals surface area contributed by atoms with Crippen LogP contribution in [0.5, 0.6) is 5.75 Å². The lowest BCUT2D eigenvalue weighted by Crippen LogP contribution is -2.23. The summed E-state index contributed by atoms with van der Waals surface area (Å²) in [6.07, 6.45) is 3.30. The summed E-state index contributed by atoms with van der Waals surface area (Å²) in [5.74, 6) is 0.373. The maximum absolute atomic E-state index is 11.8. The highest BCUT2D eigenvalue weighted by molar-refractivity contribution is 5.97. The van der Waals surface area contributed by atoms with Crippen LogP contribution in [0.25, 0.3) is 0 Å². The van der Waals surface area contributed by atoms with Crippen molar-refractivity contribution in [2.45, 2.75) is 13.5 Å². The lowest BCUT2D eigenvalue weighted by Gasteiger charge is -2.07. The Morgan fingerprint density at radius 1 is 1.53 bits per heavy atom. The van der Waals surface area contributed by atoms with E-state index in [0.717, 1.165) is 0 Å². The monoisotopic (exact) mass is 231 g/mol. The average molecular weight is 231 g/mol. The van der Waals surface area contributed by atoms with Crippen molar-refractivity contribution in [2.24, 2.45) is 0 Å². The molecular formula is C12H13N3O2. The number of para-hydroxylation sites is 1. The minimum Gasteiger partial charge on any atom is -0.507 e. The van der Waals surface area contributed by atoms with Crippen LogP contribution in [-0.4, -0.2) is 21.0 Å². The van der Waals surface area contributed by atoms with Crippen molar-refractivity contribution >= 4 is 5.91 Å². The standard InChI is InChI=1S/C12H13N3O2/c1-8-3-2-4-9(11(8)16)12(17)15-7-10-13-5-6-14-10/h2-6,16H,7H2,1H3,(H,13,14)(H,15,17). The van der Waals surface area contributed by atoms with Crippen LogP contribution in [0.2, 0.25) is 0 Å². The fourth-order valence-electron chi connectivity index (χ4n) is 1.50. The molecule has 1 heterocycles. The van der Waals surface area contributed by atoms with E-state index >= 15 is 0 Å². The van der Waals surface area contributed by atoms with Crippen molar-refractivity contribution in [3.05, 3.63) is 47.5 Å². The van der Waals surface area contributed by atoms with Crippen LogP contribution in [0.15, 0.2) is 30.6 Å². The first-order valence-corrected chi connectivity index (χ1v) is 5.23. The van der Waals surface area contributed by atoms with Gasteiger partial charge in [-0.1, -0.05) is 12.1 Å². The van der Waals surface area contributed by atoms with Crippen LogP contribution >= 0.6 is 0 Å². The fourth-order valence-corrected chi connectivity index (χ4v) is 1.50. The molecule has 2 aromatic rings. The third kappa shape index (κ3) is 2.44. The van der Waals surface area contributed by atoms with E-state index in [9.17, 15) is 9.90 Å². The predicted molar refractivity (Wildman–Crippen MR) is 62.6 cm³/mol. The molecular weight excluding hydrogens is 218 g/mol. The van der Waals surface area contributed by atoms with Gasteiger partial charge in [0.2, 0.25) is 0 Å². The number of benzene rings is 1. The van der Waals surface area contributed by atoms with Crippen molar-refractivity contribution in [3.8, 4) is 5.75 Å². The highest BCUT2D eigenvalue weighted by atomic mass is 16.3. The van der Waals surface area contributed by atoms with Gasteiger partial charge >= 0.3 is 0 Å². The van der Waals surface area contributed by atoms with Gasteiger partial charge in [-0.25, -0.2) is 4.98 Å². The number of imidazole rings is 1. The molecule has 1 aromatic heterocycles. The summed E-state index contributed by atoms with van der Waals surface area (Å²) in [6.45, 7) is 2.05. The van der Waals surface area contributed by atoms with Crippen molar-refractivity contribution in [3.63, 3.8) is 0 Å². The van der Waals surface area contributed by atoms with E-state index in [1.807, 2.05) is 0 Å². The third-order valence-corrected chi connectivity index (χ3v) is 2.45. The third-order valence-electron chi connectivity index (χ3n) is 2.45. The van der Waals surface area contributed by atoms with Gasteiger partial charge in [-0.15, -0.1) is 0 Å². The number of aromatic nitrogens is 2. The number of nitrogens with zero attached hydrogens (tertiary/aromatic N) is 1. The molecule has 0 fully saturated rings. The molecule has 0 saturated heterocycles. The SMILES string of the molecule is Cc1cccc(C(=O)NCc2ncc[nH]2)c1O. The number of hydrogen-bond donors (Lipinski definition) is 3. The van der Waals surface area contributed by atoms with Crippen LogP contribution in [0.1, 0.15) is 21.7 Å². The van der Waals surface area contributed by atoms with Gasteiger partial charge in [-0.3, -0.25) is 4.79 Å². The summed E-state index contributed by atoms with van der Waals surface area (Å²) >= 11 is 0. The number of aromatic hydroxyl groups is 1. The van der Waals surface area contributed by atoms with Crippen molar-refractivity contribution in [2.75, 3.05) is 0 Å². The lowest BCUT2D eigenvalue weighted by atomic mass is 10.1. The Balaban J connectivity index is 2.07. The molecule has 0 radical (unpaired) electrons. The fraction of sp³-hybridized carbons (Fsp3) is 0.167. The Morgan fingerprint density at radius 2 is 2.35 bits per heavy atom. The van der Waals surface area contributed by atoms with Gasteiger partial charge in [-0.2, -0.15) is 0 Å². The Labute approximate surface area is 98.5 Å². The quantitative estimate of drug-likeness (QED) is 0.746. The lowest BCUT2D eigenvalue weighted by molar-refractivity contribution is 0.0947. The van der Waals surface area contributed by atoms with E-state index in [1.165, 1.54) is 0 Å². The molecule has 17 heavy (non-hydrogen) atoms. The minimum absolute atomic E-state index is 0.0180. The Hall–Kier alpha value is -2.30. The molecule has 3 N–H and O–H groups in total. The number of carbonyl (C=O) groups is 1. The Kier molecular flexibility index (Phi) is 3.09. The summed E-state index contributed by atoms with van der Waals surface area (Å²) in [6, 6.07) is 5.06. The van der Waals surface area contributed by atoms with E-state index in [-0.39, 0.29) is 17.2 Å². The molecule has 0 spiro atoms. The zero-order valence-corrected chi connectivity index (χ0v) is 9.40.